The number of nitrogens with zero attached hydrogens (tertiary/aromatic N) is 2. The second kappa shape index (κ2) is 6.02. The summed E-state index contributed by atoms with van der Waals surface area (Å²) in [5.74, 6) is 0.319. The SMILES string of the molecule is CCC1(CC)CCN(CC(=O)N2CCNCC2)C1. The predicted octanol–water partition coefficient (Wildman–Crippen LogP) is 0.930. The van der Waals surface area contributed by atoms with Crippen LogP contribution >= 0.6 is 0 Å². The largest absolute Gasteiger partial charge is 0.339 e. The van der Waals surface area contributed by atoms with Crippen molar-refractivity contribution < 1.29 is 4.79 Å². The number of carbonyl (C=O) groups excluding carboxylic acids is 1. The molecule has 0 aromatic rings. The minimum absolute atomic E-state index is 0.319. The Labute approximate surface area is 111 Å². The maximum atomic E-state index is 12.2. The number of piperazine rings is 1. The van der Waals surface area contributed by atoms with E-state index in [0.29, 0.717) is 17.9 Å². The van der Waals surface area contributed by atoms with Gasteiger partial charge in [-0.25, -0.2) is 0 Å². The summed E-state index contributed by atoms with van der Waals surface area (Å²) in [7, 11) is 0. The van der Waals surface area contributed by atoms with E-state index in [9.17, 15) is 4.79 Å². The van der Waals surface area contributed by atoms with Crippen LogP contribution in [-0.2, 0) is 4.79 Å². The molecule has 18 heavy (non-hydrogen) atoms. The lowest BCUT2D eigenvalue weighted by Crippen LogP contribution is -2.49. The molecule has 1 amide bonds. The smallest absolute Gasteiger partial charge is 0.236 e. The fourth-order valence-corrected chi connectivity index (χ4v) is 3.20. The molecule has 104 valence electrons. The van der Waals surface area contributed by atoms with Crippen molar-refractivity contribution in [1.29, 1.82) is 0 Å². The number of rotatable bonds is 4. The maximum Gasteiger partial charge on any atom is 0.236 e. The molecule has 2 fully saturated rings. The number of hydrogen-bond donors (Lipinski definition) is 1. The topological polar surface area (TPSA) is 35.6 Å². The zero-order valence-corrected chi connectivity index (χ0v) is 11.9. The first-order valence-electron chi connectivity index (χ1n) is 7.40. The molecule has 1 N–H and O–H groups in total. The van der Waals surface area contributed by atoms with Crippen LogP contribution in [0.4, 0.5) is 0 Å². The monoisotopic (exact) mass is 253 g/mol. The molecule has 0 spiro atoms. The van der Waals surface area contributed by atoms with Crippen LogP contribution in [0, 0.1) is 5.41 Å². The summed E-state index contributed by atoms with van der Waals surface area (Å²) in [5.41, 5.74) is 0.476. The van der Waals surface area contributed by atoms with Crippen molar-refractivity contribution in [3.8, 4) is 0 Å². The minimum Gasteiger partial charge on any atom is -0.339 e. The predicted molar refractivity (Wildman–Crippen MR) is 73.5 cm³/mol. The lowest BCUT2D eigenvalue weighted by molar-refractivity contribution is -0.132. The Kier molecular flexibility index (Phi) is 4.62. The fraction of sp³-hybridized carbons (Fsp3) is 0.929. The van der Waals surface area contributed by atoms with Crippen molar-refractivity contribution >= 4 is 5.91 Å². The summed E-state index contributed by atoms with van der Waals surface area (Å²) in [6, 6.07) is 0. The van der Waals surface area contributed by atoms with E-state index in [1.165, 1.54) is 19.3 Å². The van der Waals surface area contributed by atoms with E-state index >= 15 is 0 Å². The maximum absolute atomic E-state index is 12.2. The van der Waals surface area contributed by atoms with Gasteiger partial charge in [0.1, 0.15) is 0 Å². The van der Waals surface area contributed by atoms with Crippen LogP contribution in [0.25, 0.3) is 0 Å². The highest BCUT2D eigenvalue weighted by atomic mass is 16.2. The average Bonchev–Trinajstić information content (AvgIpc) is 2.84. The third-order valence-electron chi connectivity index (χ3n) is 4.85. The Balaban J connectivity index is 1.81. The summed E-state index contributed by atoms with van der Waals surface area (Å²) in [4.78, 5) is 16.6. The molecule has 0 saturated carbocycles. The van der Waals surface area contributed by atoms with E-state index in [0.717, 1.165) is 39.3 Å². The highest BCUT2D eigenvalue weighted by molar-refractivity contribution is 5.78. The van der Waals surface area contributed by atoms with Crippen molar-refractivity contribution in [3.05, 3.63) is 0 Å². The Bertz CT molecular complexity index is 283. The van der Waals surface area contributed by atoms with E-state index in [-0.39, 0.29) is 0 Å². The van der Waals surface area contributed by atoms with Crippen LogP contribution in [-0.4, -0.2) is 61.5 Å². The van der Waals surface area contributed by atoms with Crippen LogP contribution in [0.5, 0.6) is 0 Å². The summed E-state index contributed by atoms with van der Waals surface area (Å²) in [6.45, 7) is 11.0. The molecule has 4 heteroatoms. The van der Waals surface area contributed by atoms with Gasteiger partial charge < -0.3 is 10.2 Å². The molecule has 4 nitrogen and oxygen atoms in total. The molecule has 0 bridgehead atoms. The van der Waals surface area contributed by atoms with Crippen molar-refractivity contribution in [2.24, 2.45) is 5.41 Å². The van der Waals surface area contributed by atoms with Crippen LogP contribution in [0.15, 0.2) is 0 Å². The minimum atomic E-state index is 0.319. The van der Waals surface area contributed by atoms with Crippen molar-refractivity contribution in [1.82, 2.24) is 15.1 Å². The summed E-state index contributed by atoms with van der Waals surface area (Å²) in [5, 5.41) is 3.29. The molecular weight excluding hydrogens is 226 g/mol. The number of nitrogens with one attached hydrogen (secondary N) is 1. The highest BCUT2D eigenvalue weighted by Crippen LogP contribution is 2.36. The number of likely N-dealkylation sites (tertiary alicyclic amines) is 1. The molecule has 0 aromatic heterocycles. The lowest BCUT2D eigenvalue weighted by Gasteiger charge is -2.30. The molecule has 2 aliphatic rings. The number of amides is 1. The summed E-state index contributed by atoms with van der Waals surface area (Å²) >= 11 is 0. The Morgan fingerprint density at radius 2 is 1.83 bits per heavy atom. The molecule has 2 aliphatic heterocycles. The van der Waals surface area contributed by atoms with Gasteiger partial charge >= 0.3 is 0 Å². The molecule has 0 aliphatic carbocycles. The van der Waals surface area contributed by atoms with Crippen LogP contribution in [0.3, 0.4) is 0 Å². The molecule has 0 aromatic carbocycles. The van der Waals surface area contributed by atoms with Crippen molar-refractivity contribution in [2.45, 2.75) is 33.1 Å². The van der Waals surface area contributed by atoms with Crippen molar-refractivity contribution in [2.75, 3.05) is 45.8 Å². The third kappa shape index (κ3) is 3.04. The average molecular weight is 253 g/mol. The van der Waals surface area contributed by atoms with Gasteiger partial charge in [-0.3, -0.25) is 9.69 Å². The molecular formula is C14H27N3O. The second-order valence-electron chi connectivity index (χ2n) is 5.80. The van der Waals surface area contributed by atoms with Gasteiger partial charge in [0, 0.05) is 32.7 Å². The van der Waals surface area contributed by atoms with Crippen LogP contribution in [0.1, 0.15) is 33.1 Å². The Morgan fingerprint density at radius 1 is 1.17 bits per heavy atom. The number of hydrogen-bond acceptors (Lipinski definition) is 3. The van der Waals surface area contributed by atoms with E-state index in [4.69, 9.17) is 0 Å². The van der Waals surface area contributed by atoms with Gasteiger partial charge in [0.05, 0.1) is 6.54 Å². The van der Waals surface area contributed by atoms with Gasteiger partial charge in [-0.2, -0.15) is 0 Å². The first-order valence-corrected chi connectivity index (χ1v) is 7.40. The quantitative estimate of drug-likeness (QED) is 0.809. The molecule has 0 unspecified atom stereocenters. The zero-order valence-electron chi connectivity index (χ0n) is 11.9. The first-order chi connectivity index (χ1) is 8.69. The third-order valence-corrected chi connectivity index (χ3v) is 4.85. The van der Waals surface area contributed by atoms with Crippen LogP contribution in [0.2, 0.25) is 0 Å². The zero-order chi connectivity index (χ0) is 13.0. The van der Waals surface area contributed by atoms with E-state index in [2.05, 4.69) is 24.1 Å². The fourth-order valence-electron chi connectivity index (χ4n) is 3.20. The molecule has 2 heterocycles. The first kappa shape index (κ1) is 13.8. The molecule has 0 radical (unpaired) electrons. The van der Waals surface area contributed by atoms with E-state index < -0.39 is 0 Å². The van der Waals surface area contributed by atoms with Gasteiger partial charge in [0.25, 0.3) is 0 Å². The van der Waals surface area contributed by atoms with Crippen molar-refractivity contribution in [3.63, 3.8) is 0 Å². The Hall–Kier alpha value is -0.610. The van der Waals surface area contributed by atoms with Gasteiger partial charge in [0.15, 0.2) is 0 Å². The number of carbonyl (C=O) groups is 1. The molecule has 2 saturated heterocycles. The molecule has 0 atom stereocenters. The van der Waals surface area contributed by atoms with E-state index in [1.807, 2.05) is 4.90 Å². The Morgan fingerprint density at radius 3 is 2.39 bits per heavy atom. The standard InChI is InChI=1S/C14H27N3O/c1-3-14(4-2)5-8-16(12-14)11-13(18)17-9-6-15-7-10-17/h15H,3-12H2,1-2H3. The second-order valence-corrected chi connectivity index (χ2v) is 5.80. The van der Waals surface area contributed by atoms with Gasteiger partial charge in [-0.1, -0.05) is 13.8 Å². The van der Waals surface area contributed by atoms with Gasteiger partial charge in [-0.15, -0.1) is 0 Å². The highest BCUT2D eigenvalue weighted by Gasteiger charge is 2.35. The molecule has 2 rings (SSSR count). The van der Waals surface area contributed by atoms with Gasteiger partial charge in [-0.05, 0) is 31.2 Å². The van der Waals surface area contributed by atoms with E-state index in [1.54, 1.807) is 0 Å². The normalized spacial score (nSPS) is 24.4. The summed E-state index contributed by atoms with van der Waals surface area (Å²) in [6.07, 6.45) is 3.73. The lowest BCUT2D eigenvalue weighted by atomic mass is 9.82. The van der Waals surface area contributed by atoms with Crippen LogP contribution < -0.4 is 5.32 Å². The summed E-state index contributed by atoms with van der Waals surface area (Å²) < 4.78 is 0. The van der Waals surface area contributed by atoms with Gasteiger partial charge in [0.2, 0.25) is 5.91 Å².